The fourth-order valence-electron chi connectivity index (χ4n) is 2.79. The molecule has 1 atom stereocenters. The molecule has 1 saturated heterocycles. The van der Waals surface area contributed by atoms with Crippen molar-refractivity contribution >= 4 is 5.97 Å². The van der Waals surface area contributed by atoms with Crippen LogP contribution in [-0.2, 0) is 0 Å². The van der Waals surface area contributed by atoms with Gasteiger partial charge in [0.15, 0.2) is 5.69 Å². The van der Waals surface area contributed by atoms with E-state index in [0.29, 0.717) is 0 Å². The van der Waals surface area contributed by atoms with Crippen LogP contribution in [0.4, 0.5) is 0 Å². The van der Waals surface area contributed by atoms with Crippen molar-refractivity contribution in [1.82, 2.24) is 19.9 Å². The lowest BCUT2D eigenvalue weighted by atomic mass is 10.0. The van der Waals surface area contributed by atoms with Crippen molar-refractivity contribution in [3.05, 3.63) is 35.0 Å². The first kappa shape index (κ1) is 13.8. The Morgan fingerprint density at radius 2 is 2.19 bits per heavy atom. The highest BCUT2D eigenvalue weighted by molar-refractivity contribution is 5.84. The fourth-order valence-corrected chi connectivity index (χ4v) is 2.79. The van der Waals surface area contributed by atoms with Gasteiger partial charge in [-0.25, -0.2) is 9.48 Å². The molecule has 1 aliphatic rings. The minimum absolute atomic E-state index is 0.0113. The normalized spacial score (nSPS) is 17.7. The molecule has 112 valence electrons. The van der Waals surface area contributed by atoms with E-state index in [2.05, 4.69) is 28.2 Å². The number of nitrogens with zero attached hydrogens (tertiary/aromatic N) is 4. The minimum atomic E-state index is -1.05. The molecule has 2 aromatic heterocycles. The molecule has 0 spiro atoms. The van der Waals surface area contributed by atoms with E-state index in [4.69, 9.17) is 9.52 Å². The van der Waals surface area contributed by atoms with E-state index < -0.39 is 5.97 Å². The highest BCUT2D eigenvalue weighted by atomic mass is 16.4. The molecule has 1 N–H and O–H groups in total. The lowest BCUT2D eigenvalue weighted by Crippen LogP contribution is -2.48. The molecule has 0 saturated carbocycles. The molecule has 0 aromatic carbocycles. The van der Waals surface area contributed by atoms with Gasteiger partial charge in [-0.2, -0.15) is 0 Å². The second-order valence-corrected chi connectivity index (χ2v) is 5.54. The van der Waals surface area contributed by atoms with Gasteiger partial charge in [0, 0.05) is 24.7 Å². The Morgan fingerprint density at radius 1 is 1.48 bits per heavy atom. The molecule has 3 heterocycles. The molecule has 1 unspecified atom stereocenters. The number of carboxylic acid groups (broad SMARTS) is 1. The first-order chi connectivity index (χ1) is 9.95. The maximum absolute atomic E-state index is 10.8. The van der Waals surface area contributed by atoms with Crippen LogP contribution >= 0.6 is 0 Å². The average Bonchev–Trinajstić information content (AvgIpc) is 2.94. The van der Waals surface area contributed by atoms with Crippen LogP contribution in [0.5, 0.6) is 0 Å². The standard InChI is InChI=1S/C14H18N4O3/c1-8-4-12(10(3)21-8)9(2)17-5-11(6-17)18-7-13(14(19)20)15-16-18/h4,7,9,11H,5-6H2,1-3H3,(H,19,20). The zero-order valence-electron chi connectivity index (χ0n) is 12.3. The lowest BCUT2D eigenvalue weighted by Gasteiger charge is -2.42. The van der Waals surface area contributed by atoms with Gasteiger partial charge in [-0.15, -0.1) is 5.10 Å². The van der Waals surface area contributed by atoms with E-state index >= 15 is 0 Å². The van der Waals surface area contributed by atoms with E-state index in [0.717, 1.165) is 24.6 Å². The summed E-state index contributed by atoms with van der Waals surface area (Å²) in [6.07, 6.45) is 1.49. The van der Waals surface area contributed by atoms with Crippen LogP contribution in [0.2, 0.25) is 0 Å². The number of furan rings is 1. The van der Waals surface area contributed by atoms with Crippen LogP contribution in [0.3, 0.4) is 0 Å². The van der Waals surface area contributed by atoms with Crippen molar-refractivity contribution in [3.63, 3.8) is 0 Å². The third-order valence-electron chi connectivity index (χ3n) is 4.07. The molecular formula is C14H18N4O3. The third-order valence-corrected chi connectivity index (χ3v) is 4.07. The molecule has 0 bridgehead atoms. The Kier molecular flexibility index (Phi) is 3.29. The van der Waals surface area contributed by atoms with Gasteiger partial charge >= 0.3 is 5.97 Å². The van der Waals surface area contributed by atoms with Gasteiger partial charge < -0.3 is 9.52 Å². The van der Waals surface area contributed by atoms with E-state index in [9.17, 15) is 4.79 Å². The average molecular weight is 290 g/mol. The maximum Gasteiger partial charge on any atom is 0.358 e. The number of aryl methyl sites for hydroxylation is 2. The predicted molar refractivity (Wildman–Crippen MR) is 74.2 cm³/mol. The molecule has 7 heteroatoms. The second-order valence-electron chi connectivity index (χ2n) is 5.54. The van der Waals surface area contributed by atoms with E-state index in [1.807, 2.05) is 13.8 Å². The highest BCUT2D eigenvalue weighted by Crippen LogP contribution is 2.33. The summed E-state index contributed by atoms with van der Waals surface area (Å²) in [7, 11) is 0. The predicted octanol–water partition coefficient (Wildman–Crippen LogP) is 1.80. The molecule has 0 radical (unpaired) electrons. The van der Waals surface area contributed by atoms with Crippen LogP contribution in [0.25, 0.3) is 0 Å². The van der Waals surface area contributed by atoms with Crippen LogP contribution in [0, 0.1) is 13.8 Å². The third kappa shape index (κ3) is 2.44. The maximum atomic E-state index is 10.8. The Labute approximate surface area is 122 Å². The number of carbonyl (C=O) groups is 1. The zero-order valence-corrected chi connectivity index (χ0v) is 12.3. The Bertz CT molecular complexity index is 670. The summed E-state index contributed by atoms with van der Waals surface area (Å²) in [6, 6.07) is 2.54. The van der Waals surface area contributed by atoms with Gasteiger partial charge in [0.25, 0.3) is 0 Å². The summed E-state index contributed by atoms with van der Waals surface area (Å²) in [4.78, 5) is 13.1. The molecule has 1 fully saturated rings. The number of carboxylic acids is 1. The molecule has 7 nitrogen and oxygen atoms in total. The summed E-state index contributed by atoms with van der Waals surface area (Å²) in [5.74, 6) is 0.835. The summed E-state index contributed by atoms with van der Waals surface area (Å²) in [5, 5.41) is 16.4. The number of rotatable bonds is 4. The molecule has 21 heavy (non-hydrogen) atoms. The fraction of sp³-hybridized carbons (Fsp3) is 0.500. The van der Waals surface area contributed by atoms with Crippen molar-refractivity contribution in [1.29, 1.82) is 0 Å². The lowest BCUT2D eigenvalue weighted by molar-refractivity contribution is 0.0580. The van der Waals surface area contributed by atoms with Crippen molar-refractivity contribution in [3.8, 4) is 0 Å². The van der Waals surface area contributed by atoms with Crippen molar-refractivity contribution in [2.45, 2.75) is 32.9 Å². The van der Waals surface area contributed by atoms with Crippen molar-refractivity contribution in [2.75, 3.05) is 13.1 Å². The van der Waals surface area contributed by atoms with Crippen molar-refractivity contribution in [2.24, 2.45) is 0 Å². The van der Waals surface area contributed by atoms with Crippen LogP contribution in [0.1, 0.15) is 46.6 Å². The van der Waals surface area contributed by atoms with Crippen LogP contribution in [0.15, 0.2) is 16.7 Å². The molecule has 0 aliphatic carbocycles. The number of hydrogen-bond acceptors (Lipinski definition) is 5. The first-order valence-corrected chi connectivity index (χ1v) is 6.92. The van der Waals surface area contributed by atoms with Gasteiger partial charge in [-0.3, -0.25) is 4.90 Å². The number of likely N-dealkylation sites (tertiary alicyclic amines) is 1. The molecule has 2 aromatic rings. The monoisotopic (exact) mass is 290 g/mol. The number of aromatic carboxylic acids is 1. The Balaban J connectivity index is 1.64. The zero-order chi connectivity index (χ0) is 15.1. The summed E-state index contributed by atoms with van der Waals surface area (Å²) >= 11 is 0. The smallest absolute Gasteiger partial charge is 0.358 e. The van der Waals surface area contributed by atoms with Gasteiger partial charge in [0.1, 0.15) is 11.5 Å². The van der Waals surface area contributed by atoms with E-state index in [-0.39, 0.29) is 17.8 Å². The topological polar surface area (TPSA) is 84.4 Å². The van der Waals surface area contributed by atoms with Gasteiger partial charge in [0.05, 0.1) is 12.2 Å². The SMILES string of the molecule is Cc1cc(C(C)N2CC(n3cc(C(=O)O)nn3)C2)c(C)o1. The summed E-state index contributed by atoms with van der Waals surface area (Å²) in [5.41, 5.74) is 1.19. The van der Waals surface area contributed by atoms with E-state index in [1.54, 1.807) is 4.68 Å². The summed E-state index contributed by atoms with van der Waals surface area (Å²) < 4.78 is 7.22. The second kappa shape index (κ2) is 5.00. The molecular weight excluding hydrogens is 272 g/mol. The highest BCUT2D eigenvalue weighted by Gasteiger charge is 2.34. The minimum Gasteiger partial charge on any atom is -0.476 e. The quantitative estimate of drug-likeness (QED) is 0.924. The van der Waals surface area contributed by atoms with Crippen LogP contribution in [-0.4, -0.2) is 44.1 Å². The van der Waals surface area contributed by atoms with Crippen LogP contribution < -0.4 is 0 Å². The van der Waals surface area contributed by atoms with E-state index in [1.165, 1.54) is 11.8 Å². The first-order valence-electron chi connectivity index (χ1n) is 6.92. The van der Waals surface area contributed by atoms with Gasteiger partial charge in [0.2, 0.25) is 0 Å². The van der Waals surface area contributed by atoms with Gasteiger partial charge in [-0.05, 0) is 26.8 Å². The Morgan fingerprint density at radius 3 is 2.71 bits per heavy atom. The molecule has 0 amide bonds. The van der Waals surface area contributed by atoms with Gasteiger partial charge in [-0.1, -0.05) is 5.21 Å². The summed E-state index contributed by atoms with van der Waals surface area (Å²) in [6.45, 7) is 7.73. The molecule has 3 rings (SSSR count). The molecule has 1 aliphatic heterocycles. The number of aromatic nitrogens is 3. The number of hydrogen-bond donors (Lipinski definition) is 1. The Hall–Kier alpha value is -2.15. The van der Waals surface area contributed by atoms with Crippen molar-refractivity contribution < 1.29 is 14.3 Å². The largest absolute Gasteiger partial charge is 0.476 e.